The highest BCUT2D eigenvalue weighted by molar-refractivity contribution is 6.30. The number of nitrogens with one attached hydrogen (secondary N) is 1. The highest BCUT2D eigenvalue weighted by Gasteiger charge is 2.33. The van der Waals surface area contributed by atoms with Crippen molar-refractivity contribution in [2.45, 2.75) is 44.6 Å². The van der Waals surface area contributed by atoms with Crippen molar-refractivity contribution in [3.63, 3.8) is 0 Å². The number of rotatable bonds is 3. The lowest BCUT2D eigenvalue weighted by atomic mass is 9.76. The summed E-state index contributed by atoms with van der Waals surface area (Å²) in [5.74, 6) is -0.335. The van der Waals surface area contributed by atoms with Gasteiger partial charge in [0.25, 0.3) is 0 Å². The van der Waals surface area contributed by atoms with Gasteiger partial charge in [-0.05, 0) is 37.1 Å². The summed E-state index contributed by atoms with van der Waals surface area (Å²) in [7, 11) is 0. The SMILES string of the molecule is CCNC1(c2ccc(F)c(Cl)c2)CCCCC1. The molecule has 17 heavy (non-hydrogen) atoms. The lowest BCUT2D eigenvalue weighted by Crippen LogP contribution is -2.43. The van der Waals surface area contributed by atoms with Gasteiger partial charge in [-0.1, -0.05) is 43.9 Å². The third-order valence-electron chi connectivity index (χ3n) is 3.69. The third kappa shape index (κ3) is 2.63. The van der Waals surface area contributed by atoms with Crippen LogP contribution in [0.4, 0.5) is 4.39 Å². The lowest BCUT2D eigenvalue weighted by Gasteiger charge is -2.39. The Labute approximate surface area is 107 Å². The molecule has 1 saturated carbocycles. The molecule has 1 N–H and O–H groups in total. The second-order valence-corrected chi connectivity index (χ2v) is 5.21. The molecular formula is C14H19ClFN. The van der Waals surface area contributed by atoms with Crippen molar-refractivity contribution in [1.29, 1.82) is 0 Å². The molecule has 0 amide bonds. The van der Waals surface area contributed by atoms with Gasteiger partial charge in [0.2, 0.25) is 0 Å². The predicted octanol–water partition coefficient (Wildman–Crippen LogP) is 4.25. The van der Waals surface area contributed by atoms with E-state index in [-0.39, 0.29) is 16.4 Å². The van der Waals surface area contributed by atoms with Gasteiger partial charge in [0.15, 0.2) is 0 Å². The van der Waals surface area contributed by atoms with Gasteiger partial charge in [0.05, 0.1) is 5.02 Å². The second kappa shape index (κ2) is 5.36. The molecule has 1 aliphatic rings. The fourth-order valence-electron chi connectivity index (χ4n) is 2.86. The van der Waals surface area contributed by atoms with Gasteiger partial charge < -0.3 is 5.32 Å². The van der Waals surface area contributed by atoms with Crippen molar-refractivity contribution in [2.24, 2.45) is 0 Å². The fraction of sp³-hybridized carbons (Fsp3) is 0.571. The molecule has 1 aliphatic carbocycles. The van der Waals surface area contributed by atoms with Crippen LogP contribution in [0.1, 0.15) is 44.6 Å². The van der Waals surface area contributed by atoms with Gasteiger partial charge in [-0.2, -0.15) is 0 Å². The summed E-state index contributed by atoms with van der Waals surface area (Å²) in [5, 5.41) is 3.81. The molecule has 2 rings (SSSR count). The Morgan fingerprint density at radius 1 is 1.29 bits per heavy atom. The maximum Gasteiger partial charge on any atom is 0.141 e. The molecule has 0 saturated heterocycles. The van der Waals surface area contributed by atoms with E-state index in [0.717, 1.165) is 24.9 Å². The van der Waals surface area contributed by atoms with Crippen molar-refractivity contribution in [2.75, 3.05) is 6.54 Å². The summed E-state index contributed by atoms with van der Waals surface area (Å²) < 4.78 is 13.2. The summed E-state index contributed by atoms with van der Waals surface area (Å²) in [6.45, 7) is 3.04. The topological polar surface area (TPSA) is 12.0 Å². The quantitative estimate of drug-likeness (QED) is 0.852. The first kappa shape index (κ1) is 12.8. The van der Waals surface area contributed by atoms with Crippen LogP contribution in [0, 0.1) is 5.82 Å². The van der Waals surface area contributed by atoms with Gasteiger partial charge in [-0.25, -0.2) is 4.39 Å². The molecule has 0 radical (unpaired) electrons. The highest BCUT2D eigenvalue weighted by atomic mass is 35.5. The largest absolute Gasteiger partial charge is 0.308 e. The molecule has 0 bridgehead atoms. The van der Waals surface area contributed by atoms with Gasteiger partial charge in [-0.3, -0.25) is 0 Å². The molecule has 0 spiro atoms. The second-order valence-electron chi connectivity index (χ2n) is 4.80. The Hall–Kier alpha value is -0.600. The molecule has 1 nitrogen and oxygen atoms in total. The minimum atomic E-state index is -0.335. The van der Waals surface area contributed by atoms with Crippen LogP contribution < -0.4 is 5.32 Å². The van der Waals surface area contributed by atoms with Crippen molar-refractivity contribution in [3.05, 3.63) is 34.6 Å². The zero-order valence-corrected chi connectivity index (χ0v) is 11.0. The summed E-state index contributed by atoms with van der Waals surface area (Å²) in [4.78, 5) is 0. The summed E-state index contributed by atoms with van der Waals surface area (Å²) in [6, 6.07) is 5.13. The number of hydrogen-bond donors (Lipinski definition) is 1. The van der Waals surface area contributed by atoms with Crippen LogP contribution in [0.5, 0.6) is 0 Å². The first-order valence-corrected chi connectivity index (χ1v) is 6.76. The molecule has 0 aliphatic heterocycles. The van der Waals surface area contributed by atoms with E-state index < -0.39 is 0 Å². The maximum absolute atomic E-state index is 13.2. The Kier molecular flexibility index (Phi) is 4.05. The number of hydrogen-bond acceptors (Lipinski definition) is 1. The molecule has 3 heteroatoms. The molecule has 0 atom stereocenters. The summed E-state index contributed by atoms with van der Waals surface area (Å²) >= 11 is 5.89. The van der Waals surface area contributed by atoms with E-state index in [2.05, 4.69) is 12.2 Å². The van der Waals surface area contributed by atoms with Crippen molar-refractivity contribution in [1.82, 2.24) is 5.32 Å². The Morgan fingerprint density at radius 2 is 2.00 bits per heavy atom. The molecule has 0 unspecified atom stereocenters. The average Bonchev–Trinajstić information content (AvgIpc) is 2.34. The summed E-state index contributed by atoms with van der Waals surface area (Å²) in [6.07, 6.45) is 5.97. The standard InChI is InChI=1S/C14H19ClFN/c1-2-17-14(8-4-3-5-9-14)11-6-7-13(16)12(15)10-11/h6-7,10,17H,2-5,8-9H2,1H3. The van der Waals surface area contributed by atoms with Crippen LogP contribution in [0.25, 0.3) is 0 Å². The predicted molar refractivity (Wildman–Crippen MR) is 69.8 cm³/mol. The Morgan fingerprint density at radius 3 is 2.59 bits per heavy atom. The average molecular weight is 256 g/mol. The van der Waals surface area contributed by atoms with Crippen molar-refractivity contribution < 1.29 is 4.39 Å². The van der Waals surface area contributed by atoms with Crippen LogP contribution in [0.15, 0.2) is 18.2 Å². The molecule has 0 heterocycles. The molecule has 1 aromatic rings. The Balaban J connectivity index is 2.34. The minimum absolute atomic E-state index is 0.00431. The van der Waals surface area contributed by atoms with Crippen molar-refractivity contribution >= 4 is 11.6 Å². The first-order valence-electron chi connectivity index (χ1n) is 6.38. The zero-order chi connectivity index (χ0) is 12.3. The number of halogens is 2. The van der Waals surface area contributed by atoms with E-state index in [4.69, 9.17) is 11.6 Å². The fourth-order valence-corrected chi connectivity index (χ4v) is 3.04. The van der Waals surface area contributed by atoms with Gasteiger partial charge >= 0.3 is 0 Å². The van der Waals surface area contributed by atoms with E-state index in [0.29, 0.717) is 0 Å². The number of benzene rings is 1. The normalized spacial score (nSPS) is 19.2. The van der Waals surface area contributed by atoms with E-state index in [1.54, 1.807) is 6.07 Å². The molecular weight excluding hydrogens is 237 g/mol. The maximum atomic E-state index is 13.2. The van der Waals surface area contributed by atoms with Crippen LogP contribution in [-0.2, 0) is 5.54 Å². The first-order chi connectivity index (χ1) is 8.18. The Bertz CT molecular complexity index is 380. The van der Waals surface area contributed by atoms with Crippen molar-refractivity contribution in [3.8, 4) is 0 Å². The van der Waals surface area contributed by atoms with E-state index in [1.807, 2.05) is 6.07 Å². The third-order valence-corrected chi connectivity index (χ3v) is 3.98. The lowest BCUT2D eigenvalue weighted by molar-refractivity contribution is 0.238. The van der Waals surface area contributed by atoms with Crippen LogP contribution in [-0.4, -0.2) is 6.54 Å². The summed E-state index contributed by atoms with van der Waals surface area (Å²) in [5.41, 5.74) is 1.13. The smallest absolute Gasteiger partial charge is 0.141 e. The molecule has 94 valence electrons. The van der Waals surface area contributed by atoms with E-state index >= 15 is 0 Å². The zero-order valence-electron chi connectivity index (χ0n) is 10.2. The molecule has 1 aromatic carbocycles. The minimum Gasteiger partial charge on any atom is -0.308 e. The van der Waals surface area contributed by atoms with Crippen LogP contribution in [0.3, 0.4) is 0 Å². The van der Waals surface area contributed by atoms with Gasteiger partial charge in [0, 0.05) is 5.54 Å². The van der Waals surface area contributed by atoms with E-state index in [1.165, 1.54) is 25.3 Å². The molecule has 0 aromatic heterocycles. The van der Waals surface area contributed by atoms with Crippen LogP contribution >= 0.6 is 11.6 Å². The van der Waals surface area contributed by atoms with Crippen LogP contribution in [0.2, 0.25) is 5.02 Å². The van der Waals surface area contributed by atoms with Gasteiger partial charge in [0.1, 0.15) is 5.82 Å². The highest BCUT2D eigenvalue weighted by Crippen LogP contribution is 2.38. The van der Waals surface area contributed by atoms with E-state index in [9.17, 15) is 4.39 Å². The molecule has 1 fully saturated rings. The monoisotopic (exact) mass is 255 g/mol. The van der Waals surface area contributed by atoms with Gasteiger partial charge in [-0.15, -0.1) is 0 Å².